The maximum absolute atomic E-state index is 9.67. The Morgan fingerprint density at radius 1 is 0.968 bits per heavy atom. The largest absolute Gasteiger partial charge is 0.396 e. The lowest BCUT2D eigenvalue weighted by Crippen LogP contribution is -2.52. The zero-order valence-corrected chi connectivity index (χ0v) is 19.0. The number of hydrogen-bond donors (Lipinski definition) is 1. The van der Waals surface area contributed by atoms with Crippen LogP contribution in [0.3, 0.4) is 0 Å². The zero-order valence-electron chi connectivity index (χ0n) is 19.0. The van der Waals surface area contributed by atoms with Gasteiger partial charge in [-0.2, -0.15) is 5.10 Å². The van der Waals surface area contributed by atoms with E-state index in [1.807, 2.05) is 11.6 Å². The van der Waals surface area contributed by atoms with Crippen molar-refractivity contribution in [1.29, 1.82) is 0 Å². The lowest BCUT2D eigenvalue weighted by molar-refractivity contribution is 0.0498. The molecule has 0 saturated carbocycles. The van der Waals surface area contributed by atoms with Gasteiger partial charge in [-0.1, -0.05) is 36.4 Å². The Bertz CT molecular complexity index is 1010. The van der Waals surface area contributed by atoms with Crippen molar-refractivity contribution in [3.63, 3.8) is 0 Å². The predicted molar refractivity (Wildman–Crippen MR) is 125 cm³/mol. The molecule has 31 heavy (non-hydrogen) atoms. The molecule has 0 unspecified atom stereocenters. The van der Waals surface area contributed by atoms with Gasteiger partial charge in [0.05, 0.1) is 11.4 Å². The number of nitrogens with zero attached hydrogens (tertiary/aromatic N) is 4. The molecule has 164 valence electrons. The van der Waals surface area contributed by atoms with Crippen LogP contribution in [0.4, 0.5) is 0 Å². The van der Waals surface area contributed by atoms with Gasteiger partial charge in [0.15, 0.2) is 0 Å². The highest BCUT2D eigenvalue weighted by atomic mass is 16.3. The van der Waals surface area contributed by atoms with Crippen molar-refractivity contribution in [1.82, 2.24) is 19.6 Å². The van der Waals surface area contributed by atoms with Crippen molar-refractivity contribution in [2.45, 2.75) is 46.3 Å². The molecule has 5 heteroatoms. The number of benzene rings is 2. The molecule has 4 rings (SSSR count). The number of piperazine rings is 1. The maximum atomic E-state index is 9.67. The Morgan fingerprint density at radius 2 is 1.81 bits per heavy atom. The van der Waals surface area contributed by atoms with Crippen molar-refractivity contribution >= 4 is 0 Å². The van der Waals surface area contributed by atoms with Gasteiger partial charge in [0.1, 0.15) is 0 Å². The van der Waals surface area contributed by atoms with Crippen LogP contribution in [-0.4, -0.2) is 57.0 Å². The lowest BCUT2D eigenvalue weighted by atomic mass is 10.0. The minimum absolute atomic E-state index is 0.232. The Hall–Kier alpha value is -2.47. The van der Waals surface area contributed by atoms with E-state index in [1.165, 1.54) is 16.7 Å². The number of aromatic nitrogens is 2. The summed E-state index contributed by atoms with van der Waals surface area (Å²) in [6.07, 6.45) is 0.814. The molecule has 1 N–H and O–H groups in total. The van der Waals surface area contributed by atoms with Crippen LogP contribution in [0.5, 0.6) is 0 Å². The molecule has 0 bridgehead atoms. The molecule has 0 aliphatic carbocycles. The van der Waals surface area contributed by atoms with E-state index >= 15 is 0 Å². The Kier molecular flexibility index (Phi) is 6.86. The highest BCUT2D eigenvalue weighted by molar-refractivity contribution is 5.37. The molecule has 1 atom stereocenters. The Labute approximate surface area is 185 Å². The molecule has 3 aromatic rings. The standard InChI is InChI=1S/C26H34N4O/c1-20-7-4-5-9-24(20)18-29-13-12-28(19-26(29)11-14-31)17-23-8-6-10-25(16-23)30-22(3)15-21(2)27-30/h4-10,15-16,26,31H,11-14,17-19H2,1-3H3/t26-/m0/s1. The van der Waals surface area contributed by atoms with Crippen LogP contribution < -0.4 is 0 Å². The summed E-state index contributed by atoms with van der Waals surface area (Å²) in [6, 6.07) is 19.8. The van der Waals surface area contributed by atoms with Crippen molar-refractivity contribution in [3.8, 4) is 5.69 Å². The van der Waals surface area contributed by atoms with Gasteiger partial charge in [0, 0.05) is 51.1 Å². The molecule has 1 aromatic heterocycles. The average molecular weight is 419 g/mol. The molecule has 0 spiro atoms. The van der Waals surface area contributed by atoms with Crippen molar-refractivity contribution < 1.29 is 5.11 Å². The summed E-state index contributed by atoms with van der Waals surface area (Å²) in [4.78, 5) is 5.07. The quantitative estimate of drug-likeness (QED) is 0.633. The highest BCUT2D eigenvalue weighted by Gasteiger charge is 2.27. The fourth-order valence-electron chi connectivity index (χ4n) is 4.67. The molecule has 1 fully saturated rings. The van der Waals surface area contributed by atoms with Crippen molar-refractivity contribution in [3.05, 3.63) is 82.7 Å². The van der Waals surface area contributed by atoms with Crippen LogP contribution in [0, 0.1) is 20.8 Å². The summed E-state index contributed by atoms with van der Waals surface area (Å²) in [5, 5.41) is 14.3. The fraction of sp³-hybridized carbons (Fsp3) is 0.423. The Balaban J connectivity index is 1.44. The molecule has 5 nitrogen and oxygen atoms in total. The minimum Gasteiger partial charge on any atom is -0.396 e. The third-order valence-corrected chi connectivity index (χ3v) is 6.36. The SMILES string of the molecule is Cc1cc(C)n(-c2cccc(CN3CCN(Cc4ccccc4C)[C@@H](CCO)C3)c2)n1. The first-order valence-electron chi connectivity index (χ1n) is 11.3. The molecule has 1 aliphatic heterocycles. The second-order valence-corrected chi connectivity index (χ2v) is 8.81. The van der Waals surface area contributed by atoms with Gasteiger partial charge in [-0.3, -0.25) is 9.80 Å². The van der Waals surface area contributed by atoms with Gasteiger partial charge in [0.25, 0.3) is 0 Å². The molecule has 1 aliphatic rings. The third kappa shape index (κ3) is 5.24. The average Bonchev–Trinajstić information content (AvgIpc) is 3.10. The number of aliphatic hydroxyl groups excluding tert-OH is 1. The van der Waals surface area contributed by atoms with Crippen LogP contribution in [-0.2, 0) is 13.1 Å². The molecule has 0 amide bonds. The summed E-state index contributed by atoms with van der Waals surface area (Å²) >= 11 is 0. The second-order valence-electron chi connectivity index (χ2n) is 8.81. The van der Waals surface area contributed by atoms with E-state index in [1.54, 1.807) is 0 Å². The van der Waals surface area contributed by atoms with Crippen molar-refractivity contribution in [2.24, 2.45) is 0 Å². The first-order chi connectivity index (χ1) is 15.0. The van der Waals surface area contributed by atoms with Gasteiger partial charge in [-0.15, -0.1) is 0 Å². The van der Waals surface area contributed by atoms with E-state index < -0.39 is 0 Å². The van der Waals surface area contributed by atoms with Gasteiger partial charge in [-0.25, -0.2) is 4.68 Å². The monoisotopic (exact) mass is 418 g/mol. The molecular weight excluding hydrogens is 384 g/mol. The van der Waals surface area contributed by atoms with E-state index in [0.717, 1.165) is 56.2 Å². The fourth-order valence-corrected chi connectivity index (χ4v) is 4.67. The zero-order chi connectivity index (χ0) is 21.8. The predicted octanol–water partition coefficient (Wildman–Crippen LogP) is 3.87. The van der Waals surface area contributed by atoms with Gasteiger partial charge in [0.2, 0.25) is 0 Å². The first-order valence-corrected chi connectivity index (χ1v) is 11.3. The summed E-state index contributed by atoms with van der Waals surface area (Å²) in [6.45, 7) is 11.5. The molecule has 2 heterocycles. The smallest absolute Gasteiger partial charge is 0.0651 e. The number of hydrogen-bond acceptors (Lipinski definition) is 4. The highest BCUT2D eigenvalue weighted by Crippen LogP contribution is 2.21. The van der Waals surface area contributed by atoms with E-state index in [2.05, 4.69) is 83.3 Å². The lowest BCUT2D eigenvalue weighted by Gasteiger charge is -2.41. The van der Waals surface area contributed by atoms with Gasteiger partial charge in [-0.05, 0) is 62.1 Å². The minimum atomic E-state index is 0.232. The maximum Gasteiger partial charge on any atom is 0.0651 e. The van der Waals surface area contributed by atoms with Crippen LogP contribution in [0.1, 0.15) is 34.5 Å². The van der Waals surface area contributed by atoms with E-state index in [4.69, 9.17) is 0 Å². The number of rotatable bonds is 7. The number of aryl methyl sites for hydroxylation is 3. The van der Waals surface area contributed by atoms with Crippen LogP contribution in [0.2, 0.25) is 0 Å². The summed E-state index contributed by atoms with van der Waals surface area (Å²) in [5.74, 6) is 0. The summed E-state index contributed by atoms with van der Waals surface area (Å²) in [5.41, 5.74) is 7.35. The molecule has 1 saturated heterocycles. The second kappa shape index (κ2) is 9.77. The topological polar surface area (TPSA) is 44.5 Å². The normalized spacial score (nSPS) is 17.9. The molecule has 0 radical (unpaired) electrons. The van der Waals surface area contributed by atoms with Crippen LogP contribution >= 0.6 is 0 Å². The van der Waals surface area contributed by atoms with Crippen molar-refractivity contribution in [2.75, 3.05) is 26.2 Å². The van der Waals surface area contributed by atoms with Crippen LogP contribution in [0.25, 0.3) is 5.69 Å². The number of aliphatic hydroxyl groups is 1. The third-order valence-electron chi connectivity index (χ3n) is 6.36. The van der Waals surface area contributed by atoms with E-state index in [-0.39, 0.29) is 6.61 Å². The van der Waals surface area contributed by atoms with Gasteiger partial charge < -0.3 is 5.11 Å². The Morgan fingerprint density at radius 3 is 2.55 bits per heavy atom. The molecular formula is C26H34N4O. The summed E-state index contributed by atoms with van der Waals surface area (Å²) in [7, 11) is 0. The van der Waals surface area contributed by atoms with E-state index in [0.29, 0.717) is 6.04 Å². The molecule has 2 aromatic carbocycles. The van der Waals surface area contributed by atoms with E-state index in [9.17, 15) is 5.11 Å². The first kappa shape index (κ1) is 21.8. The van der Waals surface area contributed by atoms with Crippen LogP contribution in [0.15, 0.2) is 54.6 Å². The van der Waals surface area contributed by atoms with Gasteiger partial charge >= 0.3 is 0 Å². The summed E-state index contributed by atoms with van der Waals surface area (Å²) < 4.78 is 2.02.